The number of ketones is 1. The molecule has 0 unspecified atom stereocenters. The van der Waals surface area contributed by atoms with Crippen molar-refractivity contribution in [1.82, 2.24) is 4.57 Å². The zero-order chi connectivity index (χ0) is 18.8. The van der Waals surface area contributed by atoms with Crippen molar-refractivity contribution in [2.24, 2.45) is 4.99 Å². The molecule has 5 nitrogen and oxygen atoms in total. The Morgan fingerprint density at radius 3 is 2.88 bits per heavy atom. The molecule has 1 aliphatic rings. The van der Waals surface area contributed by atoms with Crippen LogP contribution in [0.4, 0.5) is 4.39 Å². The maximum Gasteiger partial charge on any atom is 0.282 e. The van der Waals surface area contributed by atoms with Gasteiger partial charge in [0.05, 0.1) is 23.1 Å². The highest BCUT2D eigenvalue weighted by Crippen LogP contribution is 2.19. The van der Waals surface area contributed by atoms with Gasteiger partial charge in [-0.25, -0.2) is 4.39 Å². The van der Waals surface area contributed by atoms with Crippen molar-refractivity contribution in [3.8, 4) is 0 Å². The van der Waals surface area contributed by atoms with Crippen LogP contribution in [0.15, 0.2) is 23.2 Å². The monoisotopic (exact) mass is 396 g/mol. The Morgan fingerprint density at radius 2 is 2.23 bits per heavy atom. The molecule has 1 saturated heterocycles. The molecule has 1 aromatic heterocycles. The van der Waals surface area contributed by atoms with Crippen LogP contribution < -0.4 is 4.80 Å². The van der Waals surface area contributed by atoms with E-state index in [4.69, 9.17) is 16.3 Å². The summed E-state index contributed by atoms with van der Waals surface area (Å²) in [7, 11) is 0. The second-order valence-corrected chi connectivity index (χ2v) is 7.56. The lowest BCUT2D eigenvalue weighted by Crippen LogP contribution is -2.25. The molecule has 0 spiro atoms. The van der Waals surface area contributed by atoms with Crippen LogP contribution in [-0.4, -0.2) is 29.0 Å². The van der Waals surface area contributed by atoms with E-state index in [0.29, 0.717) is 22.8 Å². The smallest absolute Gasteiger partial charge is 0.282 e. The number of thiazole rings is 1. The Kier molecular flexibility index (Phi) is 5.70. The van der Waals surface area contributed by atoms with Crippen LogP contribution in [0.5, 0.6) is 0 Å². The molecular formula is C18H18ClFN2O3S. The number of ether oxygens (including phenoxy) is 1. The van der Waals surface area contributed by atoms with E-state index in [1.165, 1.54) is 19.1 Å². The summed E-state index contributed by atoms with van der Waals surface area (Å²) < 4.78 is 21.4. The van der Waals surface area contributed by atoms with Crippen molar-refractivity contribution in [1.29, 1.82) is 0 Å². The first-order chi connectivity index (χ1) is 12.4. The van der Waals surface area contributed by atoms with Crippen LogP contribution in [0.25, 0.3) is 0 Å². The summed E-state index contributed by atoms with van der Waals surface area (Å²) >= 11 is 6.98. The molecule has 0 bridgehead atoms. The van der Waals surface area contributed by atoms with E-state index in [0.717, 1.165) is 35.9 Å². The van der Waals surface area contributed by atoms with Gasteiger partial charge in [0.2, 0.25) is 0 Å². The minimum Gasteiger partial charge on any atom is -0.376 e. The molecule has 1 aliphatic heterocycles. The summed E-state index contributed by atoms with van der Waals surface area (Å²) in [6, 6.07) is 3.75. The van der Waals surface area contributed by atoms with Crippen LogP contribution in [0.3, 0.4) is 0 Å². The molecule has 1 aromatic carbocycles. The number of Topliss-reactive ketones (excluding diaryl/α,β-unsaturated/α-hetero) is 1. The Labute approximate surface area is 159 Å². The number of hydrogen-bond acceptors (Lipinski definition) is 4. The SMILES string of the molecule is CC(=O)c1s/c(=N\C(=O)c2cc(Cl)ccc2F)n(C[C@H]2CCCO2)c1C. The average Bonchev–Trinajstić information content (AvgIpc) is 3.20. The predicted octanol–water partition coefficient (Wildman–Crippen LogP) is 3.77. The van der Waals surface area contributed by atoms with Gasteiger partial charge in [0.1, 0.15) is 5.82 Å². The molecule has 1 amide bonds. The number of aromatic nitrogens is 1. The first-order valence-electron chi connectivity index (χ1n) is 8.23. The maximum absolute atomic E-state index is 13.9. The third kappa shape index (κ3) is 3.95. The van der Waals surface area contributed by atoms with Gasteiger partial charge in [-0.3, -0.25) is 9.59 Å². The lowest BCUT2D eigenvalue weighted by molar-refractivity contribution is 0.0942. The highest BCUT2D eigenvalue weighted by Gasteiger charge is 2.21. The number of carbonyl (C=O) groups is 2. The molecule has 2 aromatic rings. The Hall–Kier alpha value is -1.83. The maximum atomic E-state index is 13.9. The van der Waals surface area contributed by atoms with Gasteiger partial charge in [-0.1, -0.05) is 22.9 Å². The van der Waals surface area contributed by atoms with Crippen molar-refractivity contribution in [3.05, 3.63) is 50.0 Å². The minimum absolute atomic E-state index is 0.0140. The fraction of sp³-hybridized carbons (Fsp3) is 0.389. The highest BCUT2D eigenvalue weighted by molar-refractivity contribution is 7.11. The minimum atomic E-state index is -0.734. The zero-order valence-electron chi connectivity index (χ0n) is 14.4. The van der Waals surface area contributed by atoms with Gasteiger partial charge in [0.15, 0.2) is 10.6 Å². The molecule has 0 aliphatic carbocycles. The molecule has 1 fully saturated rings. The molecule has 1 atom stereocenters. The fourth-order valence-corrected chi connectivity index (χ4v) is 4.12. The third-order valence-corrected chi connectivity index (χ3v) is 5.76. The third-order valence-electron chi connectivity index (χ3n) is 4.24. The molecular weight excluding hydrogens is 379 g/mol. The summed E-state index contributed by atoms with van der Waals surface area (Å²) in [6.07, 6.45) is 1.90. The number of carbonyl (C=O) groups excluding carboxylic acids is 2. The van der Waals surface area contributed by atoms with Crippen LogP contribution in [-0.2, 0) is 11.3 Å². The van der Waals surface area contributed by atoms with Crippen molar-refractivity contribution in [2.45, 2.75) is 39.3 Å². The Morgan fingerprint density at radius 1 is 1.46 bits per heavy atom. The molecule has 2 heterocycles. The molecule has 0 saturated carbocycles. The van der Waals surface area contributed by atoms with E-state index in [1.807, 2.05) is 6.92 Å². The Bertz CT molecular complexity index is 929. The standard InChI is InChI=1S/C18H18ClFN2O3S/c1-10-16(11(2)23)26-18(22(10)9-13-4-3-7-25-13)21-17(24)14-8-12(19)5-6-15(14)20/h5-6,8,13H,3-4,7,9H2,1-2H3/b21-18-/t13-/m1/s1. The summed E-state index contributed by atoms with van der Waals surface area (Å²) in [5.41, 5.74) is 0.535. The van der Waals surface area contributed by atoms with E-state index in [-0.39, 0.29) is 22.5 Å². The van der Waals surface area contributed by atoms with Crippen molar-refractivity contribution in [3.63, 3.8) is 0 Å². The second kappa shape index (κ2) is 7.82. The van der Waals surface area contributed by atoms with Gasteiger partial charge in [0, 0.05) is 24.2 Å². The van der Waals surface area contributed by atoms with Crippen LogP contribution in [0.2, 0.25) is 5.02 Å². The molecule has 8 heteroatoms. The van der Waals surface area contributed by atoms with E-state index in [2.05, 4.69) is 4.99 Å². The number of halogens is 2. The van der Waals surface area contributed by atoms with Gasteiger partial charge in [-0.2, -0.15) is 4.99 Å². The quantitative estimate of drug-likeness (QED) is 0.739. The lowest BCUT2D eigenvalue weighted by atomic mass is 10.2. The van der Waals surface area contributed by atoms with Crippen LogP contribution >= 0.6 is 22.9 Å². The summed E-state index contributed by atoms with van der Waals surface area (Å²) in [4.78, 5) is 29.3. The summed E-state index contributed by atoms with van der Waals surface area (Å²) in [6.45, 7) is 4.48. The number of hydrogen-bond donors (Lipinski definition) is 0. The van der Waals surface area contributed by atoms with Gasteiger partial charge >= 0.3 is 0 Å². The topological polar surface area (TPSA) is 60.7 Å². The number of rotatable bonds is 4. The first kappa shape index (κ1) is 18.9. The predicted molar refractivity (Wildman–Crippen MR) is 97.3 cm³/mol. The summed E-state index contributed by atoms with van der Waals surface area (Å²) in [5.74, 6) is -1.52. The highest BCUT2D eigenvalue weighted by atomic mass is 35.5. The lowest BCUT2D eigenvalue weighted by Gasteiger charge is -2.12. The van der Waals surface area contributed by atoms with E-state index < -0.39 is 11.7 Å². The number of benzene rings is 1. The van der Waals surface area contributed by atoms with Gasteiger partial charge in [-0.15, -0.1) is 0 Å². The van der Waals surface area contributed by atoms with Crippen LogP contribution in [0, 0.1) is 12.7 Å². The Balaban J connectivity index is 2.05. The molecule has 138 valence electrons. The first-order valence-corrected chi connectivity index (χ1v) is 9.43. The molecule has 0 radical (unpaired) electrons. The van der Waals surface area contributed by atoms with E-state index in [1.54, 1.807) is 4.57 Å². The number of amides is 1. The van der Waals surface area contributed by atoms with E-state index >= 15 is 0 Å². The molecule has 3 rings (SSSR count). The molecule has 26 heavy (non-hydrogen) atoms. The zero-order valence-corrected chi connectivity index (χ0v) is 16.0. The van der Waals surface area contributed by atoms with Gasteiger partial charge in [-0.05, 0) is 38.0 Å². The van der Waals surface area contributed by atoms with Gasteiger partial charge in [0.25, 0.3) is 5.91 Å². The van der Waals surface area contributed by atoms with Crippen molar-refractivity contribution >= 4 is 34.6 Å². The fourth-order valence-electron chi connectivity index (χ4n) is 2.91. The van der Waals surface area contributed by atoms with Crippen molar-refractivity contribution in [2.75, 3.05) is 6.61 Å². The van der Waals surface area contributed by atoms with Gasteiger partial charge < -0.3 is 9.30 Å². The van der Waals surface area contributed by atoms with Crippen molar-refractivity contribution < 1.29 is 18.7 Å². The van der Waals surface area contributed by atoms with Crippen LogP contribution in [0.1, 0.15) is 45.5 Å². The normalized spacial score (nSPS) is 17.7. The molecule has 0 N–H and O–H groups in total. The summed E-state index contributed by atoms with van der Waals surface area (Å²) in [5, 5.41) is 0.254. The van der Waals surface area contributed by atoms with E-state index in [9.17, 15) is 14.0 Å². The largest absolute Gasteiger partial charge is 0.376 e. The average molecular weight is 397 g/mol. The number of nitrogens with zero attached hydrogens (tertiary/aromatic N) is 2. The second-order valence-electron chi connectivity index (χ2n) is 6.14.